The molecular weight excluding hydrogens is 508 g/mol. The molecule has 1 heterocycles. The lowest BCUT2D eigenvalue weighted by molar-refractivity contribution is 1.18. The Morgan fingerprint density at radius 1 is 0.357 bits per heavy atom. The molecule has 8 rings (SSSR count). The second-order valence-corrected chi connectivity index (χ2v) is 10.8. The molecule has 42 heavy (non-hydrogen) atoms. The van der Waals surface area contributed by atoms with Crippen LogP contribution in [0.2, 0.25) is 0 Å². The van der Waals surface area contributed by atoms with Crippen molar-refractivity contribution in [3.8, 4) is 27.9 Å². The zero-order valence-electron chi connectivity index (χ0n) is 23.0. The highest BCUT2D eigenvalue weighted by Gasteiger charge is 2.13. The van der Waals surface area contributed by atoms with Crippen LogP contribution in [0.25, 0.3) is 60.5 Å². The molecule has 0 aliphatic carbocycles. The maximum absolute atomic E-state index is 3.61. The summed E-state index contributed by atoms with van der Waals surface area (Å²) in [7, 11) is 0. The molecule has 7 aromatic carbocycles. The van der Waals surface area contributed by atoms with Crippen LogP contribution < -0.4 is 5.32 Å². The molecule has 198 valence electrons. The van der Waals surface area contributed by atoms with E-state index >= 15 is 0 Å². The summed E-state index contributed by atoms with van der Waals surface area (Å²) in [6.45, 7) is 0. The van der Waals surface area contributed by atoms with Gasteiger partial charge in [0.05, 0.1) is 11.0 Å². The molecule has 0 spiro atoms. The number of nitrogens with zero attached hydrogens (tertiary/aromatic N) is 1. The summed E-state index contributed by atoms with van der Waals surface area (Å²) in [4.78, 5) is 0. The lowest BCUT2D eigenvalue weighted by Gasteiger charge is -2.11. The third-order valence-corrected chi connectivity index (χ3v) is 8.14. The molecular formula is C40H28N2. The Hall–Kier alpha value is -5.60. The van der Waals surface area contributed by atoms with Crippen molar-refractivity contribution < 1.29 is 0 Å². The normalized spacial score (nSPS) is 11.3. The second-order valence-electron chi connectivity index (χ2n) is 10.8. The number of nitrogens with one attached hydrogen (secondary N) is 1. The summed E-state index contributed by atoms with van der Waals surface area (Å²) in [6, 6.07) is 58.6. The Balaban J connectivity index is 1.10. The van der Waals surface area contributed by atoms with Crippen LogP contribution in [0.15, 0.2) is 164 Å². The van der Waals surface area contributed by atoms with Crippen LogP contribution in [0.1, 0.15) is 0 Å². The molecule has 0 aliphatic heterocycles. The fraction of sp³-hybridized carbons (Fsp3) is 0. The van der Waals surface area contributed by atoms with Crippen LogP contribution in [-0.2, 0) is 0 Å². The summed E-state index contributed by atoms with van der Waals surface area (Å²) >= 11 is 0. The third kappa shape index (κ3) is 4.31. The van der Waals surface area contributed by atoms with Gasteiger partial charge in [-0.05, 0) is 93.7 Å². The molecule has 2 heteroatoms. The highest BCUT2D eigenvalue weighted by molar-refractivity contribution is 6.10. The van der Waals surface area contributed by atoms with Gasteiger partial charge in [-0.25, -0.2) is 0 Å². The first-order chi connectivity index (χ1) is 20.8. The predicted molar refractivity (Wildman–Crippen MR) is 179 cm³/mol. The topological polar surface area (TPSA) is 17.0 Å². The van der Waals surface area contributed by atoms with Crippen LogP contribution in [-0.4, -0.2) is 4.57 Å². The lowest BCUT2D eigenvalue weighted by Crippen LogP contribution is -1.93. The smallest absolute Gasteiger partial charge is 0.0541 e. The van der Waals surface area contributed by atoms with E-state index in [-0.39, 0.29) is 0 Å². The Labute approximate surface area is 245 Å². The number of benzene rings is 7. The van der Waals surface area contributed by atoms with Gasteiger partial charge in [-0.2, -0.15) is 0 Å². The molecule has 1 N–H and O–H groups in total. The molecule has 0 saturated carbocycles. The summed E-state index contributed by atoms with van der Waals surface area (Å²) in [5.74, 6) is 0. The first kappa shape index (κ1) is 24.2. The van der Waals surface area contributed by atoms with E-state index in [2.05, 4.69) is 174 Å². The lowest BCUT2D eigenvalue weighted by atomic mass is 10.0. The maximum atomic E-state index is 3.61. The number of aromatic nitrogens is 1. The van der Waals surface area contributed by atoms with Crippen molar-refractivity contribution in [2.24, 2.45) is 0 Å². The Kier molecular flexibility index (Phi) is 5.82. The zero-order chi connectivity index (χ0) is 27.9. The highest BCUT2D eigenvalue weighted by Crippen LogP contribution is 2.35. The van der Waals surface area contributed by atoms with E-state index in [1.807, 2.05) is 0 Å². The zero-order valence-corrected chi connectivity index (χ0v) is 23.0. The van der Waals surface area contributed by atoms with E-state index in [0.29, 0.717) is 0 Å². The van der Waals surface area contributed by atoms with E-state index in [1.54, 1.807) is 0 Å². The van der Waals surface area contributed by atoms with E-state index < -0.39 is 0 Å². The minimum atomic E-state index is 1.07. The van der Waals surface area contributed by atoms with Crippen LogP contribution in [0.5, 0.6) is 0 Å². The summed E-state index contributed by atoms with van der Waals surface area (Å²) in [5, 5.41) is 8.66. The molecule has 0 amide bonds. The van der Waals surface area contributed by atoms with Gasteiger partial charge in [0.1, 0.15) is 0 Å². The SMILES string of the molecule is c1ccc(-n2c3ccccc3c3cc(-c4cccc(Nc5ccc(-c6ccc7ccccc7c6)cc5)c4)ccc32)cc1. The van der Waals surface area contributed by atoms with Crippen LogP contribution in [0.4, 0.5) is 11.4 Å². The van der Waals surface area contributed by atoms with Crippen molar-refractivity contribution >= 4 is 44.0 Å². The Bertz CT molecular complexity index is 2210. The van der Waals surface area contributed by atoms with Crippen molar-refractivity contribution in [3.05, 3.63) is 164 Å². The molecule has 0 aliphatic rings. The summed E-state index contributed by atoms with van der Waals surface area (Å²) in [5.41, 5.74) is 10.6. The van der Waals surface area contributed by atoms with Crippen molar-refractivity contribution in [2.75, 3.05) is 5.32 Å². The molecule has 0 unspecified atom stereocenters. The Morgan fingerprint density at radius 2 is 1.02 bits per heavy atom. The van der Waals surface area contributed by atoms with E-state index in [1.165, 1.54) is 60.5 Å². The third-order valence-electron chi connectivity index (χ3n) is 8.14. The maximum Gasteiger partial charge on any atom is 0.0541 e. The fourth-order valence-electron chi connectivity index (χ4n) is 6.07. The van der Waals surface area contributed by atoms with Gasteiger partial charge in [0.25, 0.3) is 0 Å². The van der Waals surface area contributed by atoms with Crippen LogP contribution in [0, 0.1) is 0 Å². The second kappa shape index (κ2) is 10.1. The number of hydrogen-bond acceptors (Lipinski definition) is 1. The molecule has 0 fully saturated rings. The van der Waals surface area contributed by atoms with Crippen LogP contribution in [0.3, 0.4) is 0 Å². The van der Waals surface area contributed by atoms with Gasteiger partial charge < -0.3 is 9.88 Å². The summed E-state index contributed by atoms with van der Waals surface area (Å²) < 4.78 is 2.36. The first-order valence-corrected chi connectivity index (χ1v) is 14.4. The average molecular weight is 537 g/mol. The standard InChI is InChI=1S/C40H28N2/c1-2-13-36(14-3-1)42-39-16-7-6-15-37(39)38-27-33(21-24-40(38)42)31-11-8-12-35(26-31)41-34-22-19-29(20-23-34)32-18-17-28-9-4-5-10-30(28)25-32/h1-27,41H. The van der Waals surface area contributed by atoms with Gasteiger partial charge in [-0.1, -0.05) is 103 Å². The number of hydrogen-bond donors (Lipinski definition) is 1. The monoisotopic (exact) mass is 536 g/mol. The molecule has 0 radical (unpaired) electrons. The van der Waals surface area contributed by atoms with Crippen molar-refractivity contribution in [3.63, 3.8) is 0 Å². The van der Waals surface area contributed by atoms with Gasteiger partial charge in [0.2, 0.25) is 0 Å². The average Bonchev–Trinajstić information content (AvgIpc) is 3.39. The molecule has 0 atom stereocenters. The minimum absolute atomic E-state index is 1.07. The molecule has 1 aromatic heterocycles. The van der Waals surface area contributed by atoms with E-state index in [4.69, 9.17) is 0 Å². The molecule has 0 bridgehead atoms. The number of anilines is 2. The van der Waals surface area contributed by atoms with Gasteiger partial charge >= 0.3 is 0 Å². The summed E-state index contributed by atoms with van der Waals surface area (Å²) in [6.07, 6.45) is 0. The minimum Gasteiger partial charge on any atom is -0.356 e. The van der Waals surface area contributed by atoms with Crippen LogP contribution >= 0.6 is 0 Å². The van der Waals surface area contributed by atoms with Gasteiger partial charge in [-0.3, -0.25) is 0 Å². The number of fused-ring (bicyclic) bond motifs is 4. The predicted octanol–water partition coefficient (Wildman–Crippen LogP) is 11.0. The van der Waals surface area contributed by atoms with Gasteiger partial charge in [-0.15, -0.1) is 0 Å². The van der Waals surface area contributed by atoms with E-state index in [0.717, 1.165) is 11.4 Å². The quantitative estimate of drug-likeness (QED) is 0.231. The van der Waals surface area contributed by atoms with E-state index in [9.17, 15) is 0 Å². The van der Waals surface area contributed by atoms with Crippen molar-refractivity contribution in [1.29, 1.82) is 0 Å². The fourth-order valence-corrected chi connectivity index (χ4v) is 6.07. The molecule has 0 saturated heterocycles. The Morgan fingerprint density at radius 3 is 1.90 bits per heavy atom. The number of rotatable bonds is 5. The molecule has 8 aromatic rings. The van der Waals surface area contributed by atoms with Gasteiger partial charge in [0.15, 0.2) is 0 Å². The van der Waals surface area contributed by atoms with Gasteiger partial charge in [0, 0.05) is 27.8 Å². The van der Waals surface area contributed by atoms with Crippen molar-refractivity contribution in [2.45, 2.75) is 0 Å². The molecule has 2 nitrogen and oxygen atoms in total. The largest absolute Gasteiger partial charge is 0.356 e. The highest BCUT2D eigenvalue weighted by atomic mass is 15.0. The first-order valence-electron chi connectivity index (χ1n) is 14.4. The number of para-hydroxylation sites is 2. The van der Waals surface area contributed by atoms with Crippen molar-refractivity contribution in [1.82, 2.24) is 4.57 Å².